The minimum absolute atomic E-state index is 0.0637. The summed E-state index contributed by atoms with van der Waals surface area (Å²) in [5, 5.41) is 7.54. The quantitative estimate of drug-likeness (QED) is 0.636. The highest BCUT2D eigenvalue weighted by molar-refractivity contribution is 6.33. The second kappa shape index (κ2) is 7.68. The Morgan fingerprint density at radius 3 is 2.73 bits per heavy atom. The number of aromatic nitrogens is 2. The van der Waals surface area contributed by atoms with Gasteiger partial charge in [-0.25, -0.2) is 9.38 Å². The zero-order valence-electron chi connectivity index (χ0n) is 13.3. The summed E-state index contributed by atoms with van der Waals surface area (Å²) in [4.78, 5) is 15.9. The maximum absolute atomic E-state index is 13.8. The van der Waals surface area contributed by atoms with E-state index < -0.39 is 11.7 Å². The number of hydrogen-bond donors (Lipinski definition) is 2. The lowest BCUT2D eigenvalue weighted by molar-refractivity contribution is 0.100. The molecule has 0 spiro atoms. The Labute approximate surface area is 158 Å². The Morgan fingerprint density at radius 2 is 2.04 bits per heavy atom. The maximum Gasteiger partial charge on any atom is 0.254 e. The summed E-state index contributed by atoms with van der Waals surface area (Å²) in [7, 11) is 0. The molecule has 0 aliphatic heterocycles. The molecule has 5 nitrogen and oxygen atoms in total. The van der Waals surface area contributed by atoms with Gasteiger partial charge in [-0.3, -0.25) is 9.89 Å². The van der Waals surface area contributed by atoms with E-state index in [0.717, 1.165) is 5.56 Å². The van der Waals surface area contributed by atoms with Gasteiger partial charge in [-0.05, 0) is 29.8 Å². The Kier molecular flexibility index (Phi) is 5.35. The summed E-state index contributed by atoms with van der Waals surface area (Å²) >= 11 is 11.9. The lowest BCUT2D eigenvalue weighted by atomic mass is 10.1. The van der Waals surface area contributed by atoms with Crippen molar-refractivity contribution in [2.75, 3.05) is 0 Å². The van der Waals surface area contributed by atoms with Gasteiger partial charge in [0, 0.05) is 23.2 Å². The molecular weight excluding hydrogens is 378 g/mol. The third-order valence-electron chi connectivity index (χ3n) is 3.65. The molecule has 132 valence electrons. The van der Waals surface area contributed by atoms with E-state index in [1.807, 2.05) is 6.07 Å². The van der Waals surface area contributed by atoms with Gasteiger partial charge < -0.3 is 5.73 Å². The van der Waals surface area contributed by atoms with Crippen LogP contribution in [0.15, 0.2) is 47.5 Å². The van der Waals surface area contributed by atoms with Crippen molar-refractivity contribution in [1.29, 1.82) is 0 Å². The average molecular weight is 391 g/mol. The van der Waals surface area contributed by atoms with E-state index >= 15 is 0 Å². The molecule has 0 fully saturated rings. The molecule has 0 radical (unpaired) electrons. The van der Waals surface area contributed by atoms with Gasteiger partial charge in [-0.2, -0.15) is 5.10 Å². The van der Waals surface area contributed by atoms with Crippen LogP contribution in [0.4, 0.5) is 10.2 Å². The van der Waals surface area contributed by atoms with E-state index in [2.05, 4.69) is 15.2 Å². The number of hydrogen-bond acceptors (Lipinski definition) is 3. The second-order valence-electron chi connectivity index (χ2n) is 5.47. The number of amides is 1. The SMILES string of the molecule is NC(=O)c1c(N=Cc2c(F)cccc2Cl)n[nH]c1Cc1cccc(Cl)c1. The molecule has 1 heterocycles. The van der Waals surface area contributed by atoms with Gasteiger partial charge in [0.1, 0.15) is 11.4 Å². The number of aliphatic imine (C=N–C) groups is 1. The van der Waals surface area contributed by atoms with Crippen molar-refractivity contribution in [3.05, 3.63) is 80.7 Å². The minimum atomic E-state index is -0.692. The summed E-state index contributed by atoms with van der Waals surface area (Å²) in [6.07, 6.45) is 1.57. The van der Waals surface area contributed by atoms with Crippen molar-refractivity contribution in [3.8, 4) is 0 Å². The number of nitrogens with one attached hydrogen (secondary N) is 1. The summed E-state index contributed by atoms with van der Waals surface area (Å²) in [5.41, 5.74) is 7.07. The second-order valence-corrected chi connectivity index (χ2v) is 6.31. The van der Waals surface area contributed by atoms with E-state index in [-0.39, 0.29) is 22.0 Å². The molecule has 0 saturated carbocycles. The normalized spacial score (nSPS) is 11.2. The molecule has 0 saturated heterocycles. The number of aromatic amines is 1. The van der Waals surface area contributed by atoms with Crippen LogP contribution in [0.2, 0.25) is 10.0 Å². The van der Waals surface area contributed by atoms with Crippen molar-refractivity contribution in [2.24, 2.45) is 10.7 Å². The molecule has 2 aromatic carbocycles. The van der Waals surface area contributed by atoms with Crippen LogP contribution in [0.3, 0.4) is 0 Å². The van der Waals surface area contributed by atoms with Crippen LogP contribution in [0, 0.1) is 5.82 Å². The summed E-state index contributed by atoms with van der Waals surface area (Å²) in [6, 6.07) is 11.5. The number of rotatable bonds is 5. The van der Waals surface area contributed by atoms with Gasteiger partial charge in [-0.15, -0.1) is 0 Å². The van der Waals surface area contributed by atoms with Crippen LogP contribution >= 0.6 is 23.2 Å². The number of H-pyrrole nitrogens is 1. The lowest BCUT2D eigenvalue weighted by Crippen LogP contribution is -2.13. The first-order valence-electron chi connectivity index (χ1n) is 7.55. The largest absolute Gasteiger partial charge is 0.365 e. The summed E-state index contributed by atoms with van der Waals surface area (Å²) in [6.45, 7) is 0. The highest BCUT2D eigenvalue weighted by Gasteiger charge is 2.18. The standard InChI is InChI=1S/C18H13Cl2FN4O/c19-11-4-1-3-10(7-11)8-15-16(17(22)26)18(25-24-15)23-9-12-13(20)5-2-6-14(12)21/h1-7,9H,8H2,(H2,22,26)(H,24,25). The topological polar surface area (TPSA) is 84.1 Å². The van der Waals surface area contributed by atoms with Gasteiger partial charge in [0.25, 0.3) is 5.91 Å². The predicted molar refractivity (Wildman–Crippen MR) is 100 cm³/mol. The number of nitrogens with zero attached hydrogens (tertiary/aromatic N) is 2. The fraction of sp³-hybridized carbons (Fsp3) is 0.0556. The molecule has 3 aromatic rings. The van der Waals surface area contributed by atoms with Crippen molar-refractivity contribution >= 4 is 41.1 Å². The van der Waals surface area contributed by atoms with Gasteiger partial charge in [0.2, 0.25) is 0 Å². The fourth-order valence-corrected chi connectivity index (χ4v) is 2.88. The van der Waals surface area contributed by atoms with Crippen molar-refractivity contribution in [2.45, 2.75) is 6.42 Å². The van der Waals surface area contributed by atoms with Crippen LogP contribution < -0.4 is 5.73 Å². The lowest BCUT2D eigenvalue weighted by Gasteiger charge is -2.02. The zero-order chi connectivity index (χ0) is 18.7. The number of nitrogens with two attached hydrogens (primary N) is 1. The highest BCUT2D eigenvalue weighted by Crippen LogP contribution is 2.24. The molecule has 0 aliphatic carbocycles. The summed E-state index contributed by atoms with van der Waals surface area (Å²) < 4.78 is 13.8. The van der Waals surface area contributed by atoms with Gasteiger partial charge in [0.05, 0.1) is 10.7 Å². The Hall–Kier alpha value is -2.70. The number of halogens is 3. The molecule has 0 atom stereocenters. The van der Waals surface area contributed by atoms with Gasteiger partial charge in [-0.1, -0.05) is 41.4 Å². The fourth-order valence-electron chi connectivity index (χ4n) is 2.46. The Balaban J connectivity index is 1.95. The first-order valence-corrected chi connectivity index (χ1v) is 8.31. The molecule has 0 aliphatic rings. The van der Waals surface area contributed by atoms with E-state index in [1.165, 1.54) is 24.4 Å². The number of carbonyl (C=O) groups is 1. The molecule has 3 N–H and O–H groups in total. The average Bonchev–Trinajstić information content (AvgIpc) is 2.97. The third-order valence-corrected chi connectivity index (χ3v) is 4.22. The molecule has 0 unspecified atom stereocenters. The van der Waals surface area contributed by atoms with Crippen molar-refractivity contribution < 1.29 is 9.18 Å². The van der Waals surface area contributed by atoms with Crippen LogP contribution in [0.1, 0.15) is 27.2 Å². The van der Waals surface area contributed by atoms with Crippen LogP contribution in [0.25, 0.3) is 0 Å². The smallest absolute Gasteiger partial charge is 0.254 e. The number of benzene rings is 2. The summed E-state index contributed by atoms with van der Waals surface area (Å²) in [5.74, 6) is -1.16. The number of primary amides is 1. The molecule has 3 rings (SSSR count). The molecule has 1 amide bonds. The molecular formula is C18H13Cl2FN4O. The Morgan fingerprint density at radius 1 is 1.27 bits per heavy atom. The molecule has 0 bridgehead atoms. The van der Waals surface area contributed by atoms with Crippen molar-refractivity contribution in [1.82, 2.24) is 10.2 Å². The van der Waals surface area contributed by atoms with E-state index in [9.17, 15) is 9.18 Å². The number of carbonyl (C=O) groups excluding carboxylic acids is 1. The van der Waals surface area contributed by atoms with Gasteiger partial charge >= 0.3 is 0 Å². The predicted octanol–water partition coefficient (Wildman–Crippen LogP) is 4.30. The monoisotopic (exact) mass is 390 g/mol. The minimum Gasteiger partial charge on any atom is -0.365 e. The first-order chi connectivity index (χ1) is 12.5. The molecule has 26 heavy (non-hydrogen) atoms. The molecule has 8 heteroatoms. The van der Waals surface area contributed by atoms with Crippen LogP contribution in [0.5, 0.6) is 0 Å². The van der Waals surface area contributed by atoms with Crippen LogP contribution in [-0.2, 0) is 6.42 Å². The van der Waals surface area contributed by atoms with Crippen LogP contribution in [-0.4, -0.2) is 22.3 Å². The van der Waals surface area contributed by atoms with E-state index in [1.54, 1.807) is 18.2 Å². The molecule has 1 aromatic heterocycles. The van der Waals surface area contributed by atoms with E-state index in [0.29, 0.717) is 17.1 Å². The van der Waals surface area contributed by atoms with E-state index in [4.69, 9.17) is 28.9 Å². The maximum atomic E-state index is 13.8. The first kappa shape index (κ1) is 18.1. The highest BCUT2D eigenvalue weighted by atomic mass is 35.5. The zero-order valence-corrected chi connectivity index (χ0v) is 14.9. The van der Waals surface area contributed by atoms with Crippen molar-refractivity contribution in [3.63, 3.8) is 0 Å². The Bertz CT molecular complexity index is 980. The van der Waals surface area contributed by atoms with Gasteiger partial charge in [0.15, 0.2) is 5.82 Å². The third kappa shape index (κ3) is 3.92.